The van der Waals surface area contributed by atoms with Crippen molar-refractivity contribution in [2.24, 2.45) is 0 Å². The van der Waals surface area contributed by atoms with Crippen LogP contribution >= 0.6 is 23.2 Å². The summed E-state index contributed by atoms with van der Waals surface area (Å²) in [4.78, 5) is 12.5. The summed E-state index contributed by atoms with van der Waals surface area (Å²) in [5.41, 5.74) is 3.60. The highest BCUT2D eigenvalue weighted by atomic mass is 35.5. The molecule has 1 heterocycles. The molecule has 1 aromatic carbocycles. The standard InChI is InChI=1S/C21H21Cl2N3O/c1-13-9-15(14(2)26(13)18-5-3-4-6-18)10-16(12-24)21(27)25-20-8-7-17(22)11-19(20)23/h7-11,18H,3-6H2,1-2H3,(H,25,27)/b16-10-. The Kier molecular flexibility index (Phi) is 5.94. The maximum Gasteiger partial charge on any atom is 0.266 e. The van der Waals surface area contributed by atoms with E-state index in [9.17, 15) is 10.1 Å². The lowest BCUT2D eigenvalue weighted by atomic mass is 10.1. The molecule has 3 rings (SSSR count). The van der Waals surface area contributed by atoms with Gasteiger partial charge in [0, 0.05) is 22.5 Å². The number of nitrogens with zero attached hydrogens (tertiary/aromatic N) is 2. The molecule has 1 aliphatic rings. The largest absolute Gasteiger partial charge is 0.346 e. The van der Waals surface area contributed by atoms with Gasteiger partial charge in [-0.3, -0.25) is 4.79 Å². The van der Waals surface area contributed by atoms with Crippen molar-refractivity contribution in [3.63, 3.8) is 0 Å². The summed E-state index contributed by atoms with van der Waals surface area (Å²) in [7, 11) is 0. The Labute approximate surface area is 169 Å². The first-order valence-corrected chi connectivity index (χ1v) is 9.73. The fourth-order valence-corrected chi connectivity index (χ4v) is 4.21. The monoisotopic (exact) mass is 401 g/mol. The summed E-state index contributed by atoms with van der Waals surface area (Å²) in [5.74, 6) is -0.493. The first-order chi connectivity index (χ1) is 12.9. The minimum absolute atomic E-state index is 0.0349. The molecular weight excluding hydrogens is 381 g/mol. The van der Waals surface area contributed by atoms with Crippen molar-refractivity contribution in [1.82, 2.24) is 4.57 Å². The topological polar surface area (TPSA) is 57.8 Å². The maximum absolute atomic E-state index is 12.5. The summed E-state index contributed by atoms with van der Waals surface area (Å²) < 4.78 is 2.34. The lowest BCUT2D eigenvalue weighted by Gasteiger charge is -2.17. The molecule has 0 unspecified atom stereocenters. The minimum Gasteiger partial charge on any atom is -0.346 e. The van der Waals surface area contributed by atoms with Gasteiger partial charge in [0.25, 0.3) is 5.91 Å². The number of anilines is 1. The molecule has 0 radical (unpaired) electrons. The maximum atomic E-state index is 12.5. The number of amides is 1. The molecular formula is C21H21Cl2N3O. The molecule has 1 aromatic heterocycles. The zero-order chi connectivity index (χ0) is 19.6. The number of carbonyl (C=O) groups is 1. The van der Waals surface area contributed by atoms with Crippen LogP contribution in [-0.2, 0) is 4.79 Å². The van der Waals surface area contributed by atoms with Gasteiger partial charge < -0.3 is 9.88 Å². The van der Waals surface area contributed by atoms with Gasteiger partial charge in [-0.25, -0.2) is 0 Å². The molecule has 2 aromatic rings. The van der Waals surface area contributed by atoms with Gasteiger partial charge in [0.05, 0.1) is 10.7 Å². The van der Waals surface area contributed by atoms with Crippen molar-refractivity contribution < 1.29 is 4.79 Å². The number of nitrogens with one attached hydrogen (secondary N) is 1. The molecule has 1 amide bonds. The molecule has 0 saturated heterocycles. The molecule has 1 fully saturated rings. The van der Waals surface area contributed by atoms with E-state index in [1.54, 1.807) is 24.3 Å². The lowest BCUT2D eigenvalue weighted by molar-refractivity contribution is -0.112. The number of halogens is 2. The van der Waals surface area contributed by atoms with E-state index in [4.69, 9.17) is 23.2 Å². The predicted octanol–water partition coefficient (Wildman–Crippen LogP) is 6.07. The molecule has 0 atom stereocenters. The van der Waals surface area contributed by atoms with Crippen LogP contribution in [0.25, 0.3) is 6.08 Å². The van der Waals surface area contributed by atoms with Crippen LogP contribution in [0.1, 0.15) is 48.7 Å². The fraction of sp³-hybridized carbons (Fsp3) is 0.333. The van der Waals surface area contributed by atoms with Gasteiger partial charge in [-0.1, -0.05) is 36.0 Å². The van der Waals surface area contributed by atoms with E-state index < -0.39 is 5.91 Å². The van der Waals surface area contributed by atoms with Crippen LogP contribution in [0.5, 0.6) is 0 Å². The summed E-state index contributed by atoms with van der Waals surface area (Å²) in [6.07, 6.45) is 6.51. The van der Waals surface area contributed by atoms with Crippen molar-refractivity contribution in [3.8, 4) is 6.07 Å². The SMILES string of the molecule is Cc1cc(/C=C(/C#N)C(=O)Nc2ccc(Cl)cc2Cl)c(C)n1C1CCCC1. The summed E-state index contributed by atoms with van der Waals surface area (Å²) in [5, 5.41) is 13.0. The number of carbonyl (C=O) groups excluding carboxylic acids is 1. The highest BCUT2D eigenvalue weighted by Crippen LogP contribution is 2.34. The van der Waals surface area contributed by atoms with E-state index in [0.29, 0.717) is 21.8 Å². The van der Waals surface area contributed by atoms with Crippen LogP contribution in [0, 0.1) is 25.2 Å². The van der Waals surface area contributed by atoms with E-state index in [-0.39, 0.29) is 5.57 Å². The number of aryl methyl sites for hydroxylation is 1. The van der Waals surface area contributed by atoms with E-state index >= 15 is 0 Å². The Hall–Kier alpha value is -2.22. The van der Waals surface area contributed by atoms with Crippen LogP contribution in [0.3, 0.4) is 0 Å². The van der Waals surface area contributed by atoms with Crippen molar-refractivity contribution in [2.45, 2.75) is 45.6 Å². The third kappa shape index (κ3) is 4.21. The molecule has 0 spiro atoms. The fourth-order valence-electron chi connectivity index (χ4n) is 3.76. The number of rotatable bonds is 4. The zero-order valence-electron chi connectivity index (χ0n) is 15.4. The van der Waals surface area contributed by atoms with Crippen LogP contribution in [0.15, 0.2) is 29.8 Å². The smallest absolute Gasteiger partial charge is 0.266 e. The third-order valence-corrected chi connectivity index (χ3v) is 5.61. The Morgan fingerprint density at radius 1 is 1.26 bits per heavy atom. The van der Waals surface area contributed by atoms with Crippen LogP contribution in [0.4, 0.5) is 5.69 Å². The Morgan fingerprint density at radius 3 is 2.59 bits per heavy atom. The Balaban J connectivity index is 1.87. The van der Waals surface area contributed by atoms with Gasteiger partial charge in [-0.05, 0) is 62.6 Å². The highest BCUT2D eigenvalue weighted by Gasteiger charge is 2.21. The summed E-state index contributed by atoms with van der Waals surface area (Å²) in [6.45, 7) is 4.11. The second kappa shape index (κ2) is 8.21. The zero-order valence-corrected chi connectivity index (χ0v) is 16.9. The van der Waals surface area contributed by atoms with E-state index in [2.05, 4.69) is 16.8 Å². The van der Waals surface area contributed by atoms with Crippen molar-refractivity contribution in [3.05, 3.63) is 56.8 Å². The summed E-state index contributed by atoms with van der Waals surface area (Å²) in [6, 6.07) is 9.34. The lowest BCUT2D eigenvalue weighted by Crippen LogP contribution is -2.14. The molecule has 4 nitrogen and oxygen atoms in total. The van der Waals surface area contributed by atoms with Gasteiger partial charge in [0.1, 0.15) is 11.6 Å². The third-order valence-electron chi connectivity index (χ3n) is 5.06. The molecule has 6 heteroatoms. The van der Waals surface area contributed by atoms with Gasteiger partial charge in [-0.15, -0.1) is 0 Å². The van der Waals surface area contributed by atoms with Crippen molar-refractivity contribution in [2.75, 3.05) is 5.32 Å². The minimum atomic E-state index is -0.493. The molecule has 27 heavy (non-hydrogen) atoms. The average Bonchev–Trinajstić information content (AvgIpc) is 3.23. The number of nitriles is 1. The molecule has 1 N–H and O–H groups in total. The quantitative estimate of drug-likeness (QED) is 0.498. The molecule has 140 valence electrons. The van der Waals surface area contributed by atoms with Gasteiger partial charge in [0.15, 0.2) is 0 Å². The van der Waals surface area contributed by atoms with Crippen molar-refractivity contribution in [1.29, 1.82) is 5.26 Å². The predicted molar refractivity (Wildman–Crippen MR) is 110 cm³/mol. The number of hydrogen-bond donors (Lipinski definition) is 1. The van der Waals surface area contributed by atoms with Crippen molar-refractivity contribution >= 4 is 40.9 Å². The second-order valence-corrected chi connectivity index (χ2v) is 7.73. The normalized spacial score (nSPS) is 15.0. The first kappa shape index (κ1) is 19.5. The van der Waals surface area contributed by atoms with Crippen LogP contribution in [-0.4, -0.2) is 10.5 Å². The second-order valence-electron chi connectivity index (χ2n) is 6.88. The highest BCUT2D eigenvalue weighted by molar-refractivity contribution is 6.36. The van der Waals surface area contributed by atoms with Gasteiger partial charge in [-0.2, -0.15) is 5.26 Å². The van der Waals surface area contributed by atoms with Crippen LogP contribution < -0.4 is 5.32 Å². The number of aromatic nitrogens is 1. The Morgan fingerprint density at radius 2 is 1.96 bits per heavy atom. The molecule has 0 bridgehead atoms. The summed E-state index contributed by atoms with van der Waals surface area (Å²) >= 11 is 12.0. The molecule has 1 saturated carbocycles. The molecule has 1 aliphatic carbocycles. The molecule has 0 aliphatic heterocycles. The van der Waals surface area contributed by atoms with E-state index in [1.807, 2.05) is 19.1 Å². The van der Waals surface area contributed by atoms with Gasteiger partial charge in [0.2, 0.25) is 0 Å². The van der Waals surface area contributed by atoms with Crippen LogP contribution in [0.2, 0.25) is 10.0 Å². The number of benzene rings is 1. The van der Waals surface area contributed by atoms with E-state index in [1.165, 1.54) is 25.7 Å². The van der Waals surface area contributed by atoms with Gasteiger partial charge >= 0.3 is 0 Å². The first-order valence-electron chi connectivity index (χ1n) is 8.97. The Bertz CT molecular complexity index is 947. The average molecular weight is 402 g/mol. The van der Waals surface area contributed by atoms with E-state index in [0.717, 1.165) is 17.0 Å². The number of hydrogen-bond acceptors (Lipinski definition) is 2.